The maximum atomic E-state index is 6.09. The van der Waals surface area contributed by atoms with E-state index >= 15 is 0 Å². The summed E-state index contributed by atoms with van der Waals surface area (Å²) in [7, 11) is 0. The van der Waals surface area contributed by atoms with Crippen molar-refractivity contribution < 1.29 is 0 Å². The molecule has 0 radical (unpaired) electrons. The molecule has 0 atom stereocenters. The lowest BCUT2D eigenvalue weighted by Gasteiger charge is -2.05. The predicted octanol–water partition coefficient (Wildman–Crippen LogP) is 2.20. The van der Waals surface area contributed by atoms with E-state index in [0.29, 0.717) is 10.7 Å². The van der Waals surface area contributed by atoms with Gasteiger partial charge in [-0.2, -0.15) is 5.10 Å². The molecule has 0 spiro atoms. The van der Waals surface area contributed by atoms with Gasteiger partial charge in [-0.25, -0.2) is 9.67 Å². The third kappa shape index (κ3) is 1.80. The summed E-state index contributed by atoms with van der Waals surface area (Å²) in [6.45, 7) is 2.76. The van der Waals surface area contributed by atoms with Gasteiger partial charge in [0.05, 0.1) is 5.02 Å². The molecule has 0 unspecified atom stereocenters. The Hall–Kier alpha value is -1.55. The summed E-state index contributed by atoms with van der Waals surface area (Å²) in [6, 6.07) is 5.37. The van der Waals surface area contributed by atoms with Crippen molar-refractivity contribution >= 4 is 17.3 Å². The van der Waals surface area contributed by atoms with Crippen LogP contribution in [0.15, 0.2) is 24.5 Å². The van der Waals surface area contributed by atoms with Gasteiger partial charge in [0.15, 0.2) is 5.82 Å². The van der Waals surface area contributed by atoms with Crippen molar-refractivity contribution in [1.82, 2.24) is 14.8 Å². The molecule has 4 nitrogen and oxygen atoms in total. The van der Waals surface area contributed by atoms with Crippen LogP contribution in [0.3, 0.4) is 0 Å². The quantitative estimate of drug-likeness (QED) is 0.793. The van der Waals surface area contributed by atoms with E-state index in [2.05, 4.69) is 10.1 Å². The third-order valence-corrected chi connectivity index (χ3v) is 2.46. The van der Waals surface area contributed by atoms with Crippen LogP contribution in [0.25, 0.3) is 11.4 Å². The highest BCUT2D eigenvalue weighted by Gasteiger charge is 2.09. The van der Waals surface area contributed by atoms with Crippen LogP contribution in [0.4, 0.5) is 5.69 Å². The van der Waals surface area contributed by atoms with E-state index in [0.717, 1.165) is 17.9 Å². The average molecular weight is 223 g/mol. The molecule has 0 amide bonds. The van der Waals surface area contributed by atoms with E-state index < -0.39 is 0 Å². The van der Waals surface area contributed by atoms with Crippen LogP contribution < -0.4 is 5.73 Å². The van der Waals surface area contributed by atoms with Crippen LogP contribution in [-0.2, 0) is 6.54 Å². The van der Waals surface area contributed by atoms with Gasteiger partial charge in [0.2, 0.25) is 0 Å². The van der Waals surface area contributed by atoms with E-state index in [1.807, 2.05) is 13.0 Å². The van der Waals surface area contributed by atoms with Gasteiger partial charge in [-0.1, -0.05) is 11.6 Å². The lowest BCUT2D eigenvalue weighted by Crippen LogP contribution is -2.00. The Morgan fingerprint density at radius 3 is 2.93 bits per heavy atom. The predicted molar refractivity (Wildman–Crippen MR) is 60.6 cm³/mol. The number of rotatable bonds is 2. The summed E-state index contributed by atoms with van der Waals surface area (Å²) in [5.74, 6) is 0.766. The Morgan fingerprint density at radius 2 is 2.27 bits per heavy atom. The SMILES string of the molecule is CCn1ncnc1-c1ccc(N)cc1Cl. The van der Waals surface area contributed by atoms with Gasteiger partial charge >= 0.3 is 0 Å². The summed E-state index contributed by atoms with van der Waals surface area (Å²) in [6.07, 6.45) is 1.52. The van der Waals surface area contributed by atoms with E-state index in [9.17, 15) is 0 Å². The van der Waals surface area contributed by atoms with Crippen LogP contribution in [0, 0.1) is 0 Å². The summed E-state index contributed by atoms with van der Waals surface area (Å²) < 4.78 is 1.79. The van der Waals surface area contributed by atoms with Gasteiger partial charge in [-0.15, -0.1) is 0 Å². The molecule has 1 heterocycles. The molecular weight excluding hydrogens is 212 g/mol. The second kappa shape index (κ2) is 3.90. The first kappa shape index (κ1) is 9.98. The number of nitrogens with two attached hydrogens (primary N) is 1. The molecule has 0 aliphatic heterocycles. The molecule has 1 aromatic carbocycles. The zero-order valence-electron chi connectivity index (χ0n) is 8.31. The van der Waals surface area contributed by atoms with Gasteiger partial charge < -0.3 is 5.73 Å². The van der Waals surface area contributed by atoms with Gasteiger partial charge in [0, 0.05) is 17.8 Å². The molecule has 5 heteroatoms. The van der Waals surface area contributed by atoms with E-state index in [-0.39, 0.29) is 0 Å². The molecule has 2 aromatic rings. The first-order valence-corrected chi connectivity index (χ1v) is 5.03. The van der Waals surface area contributed by atoms with Crippen molar-refractivity contribution in [3.8, 4) is 11.4 Å². The fourth-order valence-corrected chi connectivity index (χ4v) is 1.69. The lowest BCUT2D eigenvalue weighted by atomic mass is 10.2. The number of aromatic nitrogens is 3. The summed E-state index contributed by atoms with van der Waals surface area (Å²) in [5, 5.41) is 4.69. The Kier molecular flexibility index (Phi) is 2.60. The Balaban J connectivity index is 2.54. The lowest BCUT2D eigenvalue weighted by molar-refractivity contribution is 0.666. The number of hydrogen-bond donors (Lipinski definition) is 1. The first-order valence-electron chi connectivity index (χ1n) is 4.65. The molecule has 0 saturated carbocycles. The van der Waals surface area contributed by atoms with E-state index in [4.69, 9.17) is 17.3 Å². The second-order valence-corrected chi connectivity index (χ2v) is 3.55. The zero-order chi connectivity index (χ0) is 10.8. The molecule has 2 N–H and O–H groups in total. The largest absolute Gasteiger partial charge is 0.399 e. The number of benzene rings is 1. The Labute approximate surface area is 92.7 Å². The smallest absolute Gasteiger partial charge is 0.159 e. The Morgan fingerprint density at radius 1 is 1.47 bits per heavy atom. The minimum atomic E-state index is 0.595. The van der Waals surface area contributed by atoms with Crippen molar-refractivity contribution in [3.63, 3.8) is 0 Å². The number of nitrogens with zero attached hydrogens (tertiary/aromatic N) is 3. The molecule has 2 rings (SSSR count). The number of anilines is 1. The van der Waals surface area contributed by atoms with Crippen molar-refractivity contribution in [3.05, 3.63) is 29.5 Å². The molecule has 0 aliphatic carbocycles. The van der Waals surface area contributed by atoms with Crippen molar-refractivity contribution in [2.24, 2.45) is 0 Å². The summed E-state index contributed by atoms with van der Waals surface area (Å²) in [5.41, 5.74) is 7.12. The van der Waals surface area contributed by atoms with Gasteiger partial charge in [0.25, 0.3) is 0 Å². The normalized spacial score (nSPS) is 10.5. The van der Waals surface area contributed by atoms with Crippen LogP contribution in [-0.4, -0.2) is 14.8 Å². The first-order chi connectivity index (χ1) is 7.22. The minimum absolute atomic E-state index is 0.595. The van der Waals surface area contributed by atoms with Crippen molar-refractivity contribution in [2.75, 3.05) is 5.73 Å². The summed E-state index contributed by atoms with van der Waals surface area (Å²) in [4.78, 5) is 4.17. The monoisotopic (exact) mass is 222 g/mol. The number of hydrogen-bond acceptors (Lipinski definition) is 3. The molecular formula is C10H11ClN4. The standard InChI is InChI=1S/C10H11ClN4/c1-2-15-10(13-6-14-15)8-4-3-7(12)5-9(8)11/h3-6H,2,12H2,1H3. The van der Waals surface area contributed by atoms with Crippen molar-refractivity contribution in [2.45, 2.75) is 13.5 Å². The third-order valence-electron chi connectivity index (χ3n) is 2.15. The fraction of sp³-hybridized carbons (Fsp3) is 0.200. The molecule has 0 saturated heterocycles. The van der Waals surface area contributed by atoms with Crippen LogP contribution in [0.5, 0.6) is 0 Å². The molecule has 15 heavy (non-hydrogen) atoms. The molecule has 0 bridgehead atoms. The Bertz CT molecular complexity index is 478. The van der Waals surface area contributed by atoms with Crippen molar-refractivity contribution in [1.29, 1.82) is 0 Å². The highest BCUT2D eigenvalue weighted by molar-refractivity contribution is 6.33. The topological polar surface area (TPSA) is 56.7 Å². The van der Waals surface area contributed by atoms with Gasteiger partial charge in [-0.05, 0) is 25.1 Å². The van der Waals surface area contributed by atoms with Crippen LogP contribution >= 0.6 is 11.6 Å². The number of aryl methyl sites for hydroxylation is 1. The highest BCUT2D eigenvalue weighted by Crippen LogP contribution is 2.27. The van der Waals surface area contributed by atoms with Gasteiger partial charge in [0.1, 0.15) is 6.33 Å². The maximum Gasteiger partial charge on any atom is 0.159 e. The minimum Gasteiger partial charge on any atom is -0.399 e. The van der Waals surface area contributed by atoms with E-state index in [1.165, 1.54) is 6.33 Å². The average Bonchev–Trinajstić information content (AvgIpc) is 2.65. The maximum absolute atomic E-state index is 6.09. The second-order valence-electron chi connectivity index (χ2n) is 3.14. The molecule has 0 fully saturated rings. The molecule has 0 aliphatic rings. The van der Waals surface area contributed by atoms with Crippen LogP contribution in [0.2, 0.25) is 5.02 Å². The summed E-state index contributed by atoms with van der Waals surface area (Å²) >= 11 is 6.09. The van der Waals surface area contributed by atoms with Crippen LogP contribution in [0.1, 0.15) is 6.92 Å². The van der Waals surface area contributed by atoms with Gasteiger partial charge in [-0.3, -0.25) is 0 Å². The zero-order valence-corrected chi connectivity index (χ0v) is 9.07. The van der Waals surface area contributed by atoms with E-state index in [1.54, 1.807) is 16.8 Å². The molecule has 78 valence electrons. The fourth-order valence-electron chi connectivity index (χ4n) is 1.42. The number of nitrogen functional groups attached to an aromatic ring is 1. The molecule has 1 aromatic heterocycles. The highest BCUT2D eigenvalue weighted by atomic mass is 35.5. The number of halogens is 1.